The molecule has 6 nitrogen and oxygen atoms in total. The van der Waals surface area contributed by atoms with Gasteiger partial charge in [0.1, 0.15) is 11.5 Å². The number of nitrogens with zero attached hydrogens (tertiary/aromatic N) is 1. The molecule has 0 aliphatic carbocycles. The molecular formula is C18H26N2O4. The van der Waals surface area contributed by atoms with Crippen molar-refractivity contribution in [2.24, 2.45) is 11.8 Å². The monoisotopic (exact) mass is 334 g/mol. The van der Waals surface area contributed by atoms with Crippen LogP contribution in [0.15, 0.2) is 18.2 Å². The number of likely N-dealkylation sites (tertiary alicyclic amines) is 1. The van der Waals surface area contributed by atoms with Crippen LogP contribution in [-0.2, 0) is 4.79 Å². The Balaban J connectivity index is 1.96. The van der Waals surface area contributed by atoms with Crippen molar-refractivity contribution in [3.05, 3.63) is 23.8 Å². The van der Waals surface area contributed by atoms with Gasteiger partial charge >= 0.3 is 0 Å². The minimum absolute atomic E-state index is 0.00218. The fourth-order valence-corrected chi connectivity index (χ4v) is 3.17. The second kappa shape index (κ2) is 8.04. The number of amides is 2. The molecule has 1 aromatic rings. The number of nitrogens with one attached hydrogen (secondary N) is 1. The zero-order valence-corrected chi connectivity index (χ0v) is 14.8. The van der Waals surface area contributed by atoms with E-state index in [4.69, 9.17) is 9.47 Å². The summed E-state index contributed by atoms with van der Waals surface area (Å²) < 4.78 is 10.3. The van der Waals surface area contributed by atoms with Gasteiger partial charge in [-0.2, -0.15) is 0 Å². The van der Waals surface area contributed by atoms with Crippen molar-refractivity contribution < 1.29 is 19.1 Å². The van der Waals surface area contributed by atoms with E-state index in [2.05, 4.69) is 19.2 Å². The lowest BCUT2D eigenvalue weighted by atomic mass is 9.92. The van der Waals surface area contributed by atoms with E-state index in [9.17, 15) is 9.59 Å². The van der Waals surface area contributed by atoms with Gasteiger partial charge < -0.3 is 19.7 Å². The number of rotatable bonds is 5. The summed E-state index contributed by atoms with van der Waals surface area (Å²) in [5, 5.41) is 2.69. The predicted octanol–water partition coefficient (Wildman–Crippen LogP) is 1.94. The van der Waals surface area contributed by atoms with Crippen LogP contribution < -0.4 is 14.8 Å². The molecule has 0 radical (unpaired) electrons. The summed E-state index contributed by atoms with van der Waals surface area (Å²) in [6.07, 6.45) is 1.14. The molecule has 2 amide bonds. The second-order valence-corrected chi connectivity index (χ2v) is 6.53. The van der Waals surface area contributed by atoms with Crippen molar-refractivity contribution >= 4 is 11.8 Å². The fraction of sp³-hybridized carbons (Fsp3) is 0.556. The van der Waals surface area contributed by atoms with Crippen LogP contribution in [0.4, 0.5) is 0 Å². The summed E-state index contributed by atoms with van der Waals surface area (Å²) in [6.45, 7) is 5.81. The SMILES string of the molecule is COc1cc(OC)cc(C(=O)NCC(=O)N2CC(C)CC(C)C2)c1. The third kappa shape index (κ3) is 4.63. The van der Waals surface area contributed by atoms with Crippen LogP contribution in [0, 0.1) is 11.8 Å². The molecule has 24 heavy (non-hydrogen) atoms. The fourth-order valence-electron chi connectivity index (χ4n) is 3.17. The largest absolute Gasteiger partial charge is 0.497 e. The lowest BCUT2D eigenvalue weighted by Gasteiger charge is -2.35. The van der Waals surface area contributed by atoms with Crippen LogP contribution in [0.1, 0.15) is 30.6 Å². The molecule has 1 heterocycles. The van der Waals surface area contributed by atoms with E-state index in [1.165, 1.54) is 14.2 Å². The highest BCUT2D eigenvalue weighted by Crippen LogP contribution is 2.23. The van der Waals surface area contributed by atoms with Gasteiger partial charge in [-0.05, 0) is 30.4 Å². The van der Waals surface area contributed by atoms with Crippen molar-refractivity contribution in [1.82, 2.24) is 10.2 Å². The molecule has 1 fully saturated rings. The van der Waals surface area contributed by atoms with Crippen molar-refractivity contribution in [1.29, 1.82) is 0 Å². The lowest BCUT2D eigenvalue weighted by Crippen LogP contribution is -2.46. The van der Waals surface area contributed by atoms with E-state index < -0.39 is 0 Å². The first-order valence-corrected chi connectivity index (χ1v) is 8.22. The molecule has 0 spiro atoms. The average Bonchev–Trinajstić information content (AvgIpc) is 2.57. The molecule has 0 aromatic heterocycles. The minimum Gasteiger partial charge on any atom is -0.497 e. The molecule has 1 aliphatic rings. The van der Waals surface area contributed by atoms with E-state index in [0.717, 1.165) is 19.5 Å². The predicted molar refractivity (Wildman–Crippen MR) is 91.4 cm³/mol. The summed E-state index contributed by atoms with van der Waals surface area (Å²) in [4.78, 5) is 26.5. The number of benzene rings is 1. The zero-order valence-electron chi connectivity index (χ0n) is 14.8. The number of ether oxygens (including phenoxy) is 2. The summed E-state index contributed by atoms with van der Waals surface area (Å²) >= 11 is 0. The van der Waals surface area contributed by atoms with Crippen LogP contribution in [0.5, 0.6) is 11.5 Å². The van der Waals surface area contributed by atoms with Crippen LogP contribution in [0.2, 0.25) is 0 Å². The molecule has 1 aliphatic heterocycles. The normalized spacial score (nSPS) is 20.4. The molecule has 2 unspecified atom stereocenters. The van der Waals surface area contributed by atoms with E-state index in [0.29, 0.717) is 28.9 Å². The first-order valence-electron chi connectivity index (χ1n) is 8.22. The first-order chi connectivity index (χ1) is 11.4. The Labute approximate surface area is 143 Å². The summed E-state index contributed by atoms with van der Waals surface area (Å²) in [5.74, 6) is 1.69. The number of carbonyl (C=O) groups excluding carboxylic acids is 2. The van der Waals surface area contributed by atoms with Gasteiger partial charge in [-0.3, -0.25) is 9.59 Å². The Bertz CT molecular complexity index is 570. The van der Waals surface area contributed by atoms with Gasteiger partial charge in [0, 0.05) is 24.7 Å². The maximum Gasteiger partial charge on any atom is 0.251 e. The standard InChI is InChI=1S/C18H26N2O4/c1-12-5-13(2)11-20(10-12)17(21)9-19-18(22)14-6-15(23-3)8-16(7-14)24-4/h6-8,12-13H,5,9-11H2,1-4H3,(H,19,22). The van der Waals surface area contributed by atoms with E-state index in [1.807, 2.05) is 4.90 Å². The first kappa shape index (κ1) is 18.1. The van der Waals surface area contributed by atoms with Crippen molar-refractivity contribution in [3.8, 4) is 11.5 Å². The second-order valence-electron chi connectivity index (χ2n) is 6.53. The summed E-state index contributed by atoms with van der Waals surface area (Å²) in [7, 11) is 3.05. The van der Waals surface area contributed by atoms with Crippen molar-refractivity contribution in [2.75, 3.05) is 33.9 Å². The van der Waals surface area contributed by atoms with Gasteiger partial charge in [0.25, 0.3) is 5.91 Å². The average molecular weight is 334 g/mol. The van der Waals surface area contributed by atoms with Crippen molar-refractivity contribution in [2.45, 2.75) is 20.3 Å². The van der Waals surface area contributed by atoms with E-state index in [1.54, 1.807) is 18.2 Å². The zero-order chi connectivity index (χ0) is 17.7. The number of hydrogen-bond donors (Lipinski definition) is 1. The Morgan fingerprint density at radius 3 is 2.12 bits per heavy atom. The van der Waals surface area contributed by atoms with Gasteiger partial charge in [-0.15, -0.1) is 0 Å². The van der Waals surface area contributed by atoms with Crippen LogP contribution in [0.25, 0.3) is 0 Å². The minimum atomic E-state index is -0.321. The molecule has 132 valence electrons. The molecule has 6 heteroatoms. The third-order valence-electron chi connectivity index (χ3n) is 4.24. The topological polar surface area (TPSA) is 67.9 Å². The van der Waals surface area contributed by atoms with Gasteiger partial charge in [0.2, 0.25) is 5.91 Å². The molecule has 1 saturated heterocycles. The molecule has 2 atom stereocenters. The molecule has 2 rings (SSSR count). The number of piperidine rings is 1. The Kier molecular flexibility index (Phi) is 6.06. The highest BCUT2D eigenvalue weighted by Gasteiger charge is 2.25. The smallest absolute Gasteiger partial charge is 0.251 e. The quantitative estimate of drug-likeness (QED) is 0.893. The molecule has 0 saturated carbocycles. The Hall–Kier alpha value is -2.24. The highest BCUT2D eigenvalue weighted by atomic mass is 16.5. The highest BCUT2D eigenvalue weighted by molar-refractivity contribution is 5.97. The lowest BCUT2D eigenvalue weighted by molar-refractivity contribution is -0.132. The molecule has 1 N–H and O–H groups in total. The van der Waals surface area contributed by atoms with Crippen LogP contribution >= 0.6 is 0 Å². The van der Waals surface area contributed by atoms with Crippen LogP contribution in [0.3, 0.4) is 0 Å². The number of methoxy groups -OCH3 is 2. The van der Waals surface area contributed by atoms with Gasteiger partial charge in [0.15, 0.2) is 0 Å². The van der Waals surface area contributed by atoms with Gasteiger partial charge in [0.05, 0.1) is 20.8 Å². The van der Waals surface area contributed by atoms with Gasteiger partial charge in [-0.25, -0.2) is 0 Å². The Morgan fingerprint density at radius 1 is 1.08 bits per heavy atom. The Morgan fingerprint density at radius 2 is 1.62 bits per heavy atom. The molecule has 1 aromatic carbocycles. The van der Waals surface area contributed by atoms with Gasteiger partial charge in [-0.1, -0.05) is 13.8 Å². The maximum absolute atomic E-state index is 12.3. The molecule has 0 bridgehead atoms. The number of hydrogen-bond acceptors (Lipinski definition) is 4. The molecular weight excluding hydrogens is 308 g/mol. The maximum atomic E-state index is 12.3. The van der Waals surface area contributed by atoms with E-state index in [-0.39, 0.29) is 18.4 Å². The summed E-state index contributed by atoms with van der Waals surface area (Å²) in [5.41, 5.74) is 0.402. The number of carbonyl (C=O) groups is 2. The van der Waals surface area contributed by atoms with Crippen LogP contribution in [-0.4, -0.2) is 50.6 Å². The third-order valence-corrected chi connectivity index (χ3v) is 4.24. The van der Waals surface area contributed by atoms with E-state index >= 15 is 0 Å². The summed E-state index contributed by atoms with van der Waals surface area (Å²) in [6, 6.07) is 4.93. The van der Waals surface area contributed by atoms with Crippen molar-refractivity contribution in [3.63, 3.8) is 0 Å².